The van der Waals surface area contributed by atoms with Crippen molar-refractivity contribution < 1.29 is 0 Å². The fourth-order valence-corrected chi connectivity index (χ4v) is 3.74. The quantitative estimate of drug-likeness (QED) is 0.829. The molecule has 3 rings (SSSR count). The second kappa shape index (κ2) is 6.15. The van der Waals surface area contributed by atoms with Crippen LogP contribution in [0.15, 0.2) is 30.9 Å². The normalized spacial score (nSPS) is 17.5. The molecule has 0 bridgehead atoms. The number of nitrogens with zero attached hydrogens (tertiary/aromatic N) is 3. The van der Waals surface area contributed by atoms with E-state index >= 15 is 0 Å². The van der Waals surface area contributed by atoms with Gasteiger partial charge < -0.3 is 0 Å². The van der Waals surface area contributed by atoms with Crippen LogP contribution in [0.2, 0.25) is 10.0 Å². The van der Waals surface area contributed by atoms with Gasteiger partial charge in [0.25, 0.3) is 0 Å². The molecule has 1 aromatic heterocycles. The van der Waals surface area contributed by atoms with E-state index in [4.69, 9.17) is 23.2 Å². The van der Waals surface area contributed by atoms with Gasteiger partial charge in [-0.1, -0.05) is 42.1 Å². The Kier molecular flexibility index (Phi) is 4.27. The number of aromatic nitrogens is 3. The first-order valence-corrected chi connectivity index (χ1v) is 7.77. The van der Waals surface area contributed by atoms with Crippen molar-refractivity contribution in [3.8, 4) is 0 Å². The van der Waals surface area contributed by atoms with E-state index < -0.39 is 0 Å². The molecule has 0 N–H and O–H groups in total. The van der Waals surface area contributed by atoms with E-state index in [1.54, 1.807) is 12.7 Å². The van der Waals surface area contributed by atoms with Crippen molar-refractivity contribution in [2.75, 3.05) is 0 Å². The van der Waals surface area contributed by atoms with Crippen LogP contribution in [0.5, 0.6) is 0 Å². The molecule has 20 heavy (non-hydrogen) atoms. The molecule has 1 aliphatic rings. The van der Waals surface area contributed by atoms with Crippen molar-refractivity contribution in [3.63, 3.8) is 0 Å². The second-order valence-electron chi connectivity index (χ2n) is 5.43. The third-order valence-corrected chi connectivity index (χ3v) is 4.74. The second-order valence-corrected chi connectivity index (χ2v) is 6.28. The van der Waals surface area contributed by atoms with Gasteiger partial charge in [0.2, 0.25) is 0 Å². The highest BCUT2D eigenvalue weighted by atomic mass is 35.5. The first-order valence-electron chi connectivity index (χ1n) is 7.01. The Morgan fingerprint density at radius 1 is 1.25 bits per heavy atom. The Hall–Kier alpha value is -1.06. The zero-order valence-electron chi connectivity index (χ0n) is 11.2. The van der Waals surface area contributed by atoms with Gasteiger partial charge in [0.05, 0.1) is 0 Å². The van der Waals surface area contributed by atoms with Gasteiger partial charge in [0.1, 0.15) is 12.7 Å². The van der Waals surface area contributed by atoms with Crippen LogP contribution in [-0.4, -0.2) is 14.8 Å². The molecule has 1 unspecified atom stereocenters. The SMILES string of the molecule is Clc1ccc(C(Cn2cncn2)C2CCCC2)c(Cl)c1. The predicted molar refractivity (Wildman–Crippen MR) is 81.2 cm³/mol. The first kappa shape index (κ1) is 13.9. The number of halogens is 2. The predicted octanol–water partition coefficient (Wildman–Crippen LogP) is 4.56. The molecule has 1 aliphatic carbocycles. The minimum atomic E-state index is 0.379. The van der Waals surface area contributed by atoms with Crippen LogP contribution in [0.3, 0.4) is 0 Å². The van der Waals surface area contributed by atoms with E-state index in [2.05, 4.69) is 16.1 Å². The summed E-state index contributed by atoms with van der Waals surface area (Å²) < 4.78 is 1.90. The molecule has 2 aromatic rings. The van der Waals surface area contributed by atoms with Gasteiger partial charge in [-0.15, -0.1) is 0 Å². The summed E-state index contributed by atoms with van der Waals surface area (Å²) in [5, 5.41) is 5.68. The molecule has 106 valence electrons. The lowest BCUT2D eigenvalue weighted by Crippen LogP contribution is -2.17. The smallest absolute Gasteiger partial charge is 0.137 e. The van der Waals surface area contributed by atoms with Gasteiger partial charge in [-0.25, -0.2) is 4.98 Å². The highest BCUT2D eigenvalue weighted by molar-refractivity contribution is 6.35. The number of benzene rings is 1. The highest BCUT2D eigenvalue weighted by Crippen LogP contribution is 2.41. The zero-order chi connectivity index (χ0) is 13.9. The average Bonchev–Trinajstić information content (AvgIpc) is 3.10. The lowest BCUT2D eigenvalue weighted by molar-refractivity contribution is 0.373. The summed E-state index contributed by atoms with van der Waals surface area (Å²) in [7, 11) is 0. The fourth-order valence-electron chi connectivity index (χ4n) is 3.19. The highest BCUT2D eigenvalue weighted by Gasteiger charge is 2.28. The number of rotatable bonds is 4. The number of hydrogen-bond donors (Lipinski definition) is 0. The molecule has 1 atom stereocenters. The van der Waals surface area contributed by atoms with Crippen LogP contribution in [-0.2, 0) is 6.54 Å². The number of hydrogen-bond acceptors (Lipinski definition) is 2. The molecule has 0 saturated heterocycles. The maximum absolute atomic E-state index is 6.41. The maximum atomic E-state index is 6.41. The van der Waals surface area contributed by atoms with E-state index in [9.17, 15) is 0 Å². The van der Waals surface area contributed by atoms with Gasteiger partial charge in [0, 0.05) is 22.5 Å². The van der Waals surface area contributed by atoms with E-state index in [1.165, 1.54) is 31.2 Å². The Bertz CT molecular complexity index is 563. The molecule has 5 heteroatoms. The van der Waals surface area contributed by atoms with Gasteiger partial charge in [-0.3, -0.25) is 4.68 Å². The molecule has 3 nitrogen and oxygen atoms in total. The van der Waals surface area contributed by atoms with E-state index in [-0.39, 0.29) is 0 Å². The van der Waals surface area contributed by atoms with Crippen LogP contribution in [0.1, 0.15) is 37.2 Å². The fraction of sp³-hybridized carbons (Fsp3) is 0.467. The summed E-state index contributed by atoms with van der Waals surface area (Å²) in [5.41, 5.74) is 1.18. The molecule has 1 heterocycles. The van der Waals surface area contributed by atoms with Crippen LogP contribution in [0.4, 0.5) is 0 Å². The van der Waals surface area contributed by atoms with Crippen LogP contribution >= 0.6 is 23.2 Å². The third kappa shape index (κ3) is 2.99. The Morgan fingerprint density at radius 3 is 2.70 bits per heavy atom. The minimum absolute atomic E-state index is 0.379. The molecular weight excluding hydrogens is 293 g/mol. The molecular formula is C15H17Cl2N3. The minimum Gasteiger partial charge on any atom is -0.252 e. The van der Waals surface area contributed by atoms with Crippen molar-refractivity contribution >= 4 is 23.2 Å². The van der Waals surface area contributed by atoms with Crippen LogP contribution < -0.4 is 0 Å². The van der Waals surface area contributed by atoms with Crippen molar-refractivity contribution in [3.05, 3.63) is 46.5 Å². The van der Waals surface area contributed by atoms with Crippen molar-refractivity contribution in [1.82, 2.24) is 14.8 Å². The monoisotopic (exact) mass is 309 g/mol. The third-order valence-electron chi connectivity index (χ3n) is 4.18. The topological polar surface area (TPSA) is 30.7 Å². The molecule has 0 amide bonds. The average molecular weight is 310 g/mol. The first-order chi connectivity index (χ1) is 9.74. The molecule has 0 aliphatic heterocycles. The summed E-state index contributed by atoms with van der Waals surface area (Å²) >= 11 is 12.4. The van der Waals surface area contributed by atoms with E-state index in [0.29, 0.717) is 16.9 Å². The van der Waals surface area contributed by atoms with Gasteiger partial charge in [-0.05, 0) is 36.5 Å². The van der Waals surface area contributed by atoms with Crippen LogP contribution in [0.25, 0.3) is 0 Å². The lowest BCUT2D eigenvalue weighted by atomic mass is 9.84. The standard InChI is InChI=1S/C15H17Cl2N3/c16-12-5-6-13(15(17)7-12)14(11-3-1-2-4-11)8-20-10-18-9-19-20/h5-7,9-11,14H,1-4,8H2. The van der Waals surface area contributed by atoms with Gasteiger partial charge in [-0.2, -0.15) is 5.10 Å². The van der Waals surface area contributed by atoms with Crippen molar-refractivity contribution in [2.24, 2.45) is 5.92 Å². The van der Waals surface area contributed by atoms with E-state index in [0.717, 1.165) is 11.6 Å². The largest absolute Gasteiger partial charge is 0.252 e. The molecule has 1 saturated carbocycles. The molecule has 0 spiro atoms. The van der Waals surface area contributed by atoms with Gasteiger partial charge >= 0.3 is 0 Å². The Morgan fingerprint density at radius 2 is 2.05 bits per heavy atom. The molecule has 1 fully saturated rings. The summed E-state index contributed by atoms with van der Waals surface area (Å²) in [6.45, 7) is 0.825. The summed E-state index contributed by atoms with van der Waals surface area (Å²) in [4.78, 5) is 4.03. The Balaban J connectivity index is 1.91. The summed E-state index contributed by atoms with van der Waals surface area (Å²) in [5.74, 6) is 1.04. The van der Waals surface area contributed by atoms with Gasteiger partial charge in [0.15, 0.2) is 0 Å². The van der Waals surface area contributed by atoms with E-state index in [1.807, 2.05) is 16.8 Å². The Labute approximate surface area is 128 Å². The van der Waals surface area contributed by atoms with Crippen molar-refractivity contribution in [2.45, 2.75) is 38.1 Å². The van der Waals surface area contributed by atoms with Crippen molar-refractivity contribution in [1.29, 1.82) is 0 Å². The molecule has 0 radical (unpaired) electrons. The zero-order valence-corrected chi connectivity index (χ0v) is 12.7. The summed E-state index contributed by atoms with van der Waals surface area (Å²) in [6.07, 6.45) is 8.49. The van der Waals surface area contributed by atoms with Crippen LogP contribution in [0, 0.1) is 5.92 Å². The molecule has 1 aromatic carbocycles. The summed E-state index contributed by atoms with van der Waals surface area (Å²) in [6, 6.07) is 5.82. The maximum Gasteiger partial charge on any atom is 0.137 e. The lowest BCUT2D eigenvalue weighted by Gasteiger charge is -2.24.